The summed E-state index contributed by atoms with van der Waals surface area (Å²) in [7, 11) is -2.03. The van der Waals surface area contributed by atoms with Crippen molar-refractivity contribution in [3.05, 3.63) is 53.6 Å². The number of halogens is 3. The Morgan fingerprint density at radius 2 is 1.92 bits per heavy atom. The predicted molar refractivity (Wildman–Crippen MR) is 90.8 cm³/mol. The van der Waals surface area contributed by atoms with Gasteiger partial charge in [-0.1, -0.05) is 30.3 Å². The van der Waals surface area contributed by atoms with E-state index in [1.54, 1.807) is 24.3 Å². The Morgan fingerprint density at radius 1 is 1.23 bits per heavy atom. The van der Waals surface area contributed by atoms with Gasteiger partial charge < -0.3 is 4.57 Å². The third kappa shape index (κ3) is 4.09. The molecule has 26 heavy (non-hydrogen) atoms. The monoisotopic (exact) mass is 387 g/mol. The third-order valence-corrected chi connectivity index (χ3v) is 6.35. The Morgan fingerprint density at radius 3 is 2.54 bits per heavy atom. The van der Waals surface area contributed by atoms with E-state index in [0.717, 1.165) is 6.20 Å². The lowest BCUT2D eigenvalue weighted by Gasteiger charge is -2.31. The molecule has 0 amide bonds. The van der Waals surface area contributed by atoms with Crippen molar-refractivity contribution >= 4 is 10.0 Å². The smallest absolute Gasteiger partial charge is 0.337 e. The van der Waals surface area contributed by atoms with Gasteiger partial charge in [0, 0.05) is 32.3 Å². The maximum Gasteiger partial charge on any atom is 0.434 e. The van der Waals surface area contributed by atoms with Crippen molar-refractivity contribution in [3.63, 3.8) is 0 Å². The van der Waals surface area contributed by atoms with Gasteiger partial charge in [-0.2, -0.15) is 13.2 Å². The highest BCUT2D eigenvalue weighted by molar-refractivity contribution is 7.88. The molecule has 5 nitrogen and oxygen atoms in total. The van der Waals surface area contributed by atoms with Gasteiger partial charge in [-0.05, 0) is 18.4 Å². The molecule has 0 spiro atoms. The van der Waals surface area contributed by atoms with Crippen LogP contribution < -0.4 is 0 Å². The van der Waals surface area contributed by atoms with Crippen LogP contribution in [-0.2, 0) is 29.0 Å². The molecule has 0 N–H and O–H groups in total. The predicted octanol–water partition coefficient (Wildman–Crippen LogP) is 3.15. The lowest BCUT2D eigenvalue weighted by molar-refractivity contribution is -0.141. The van der Waals surface area contributed by atoms with Gasteiger partial charge in [0.25, 0.3) is 0 Å². The van der Waals surface area contributed by atoms with Crippen LogP contribution in [0.3, 0.4) is 0 Å². The number of aryl methyl sites for hydroxylation is 1. The molecule has 0 radical (unpaired) electrons. The number of piperidine rings is 1. The van der Waals surface area contributed by atoms with Gasteiger partial charge in [0.2, 0.25) is 10.0 Å². The molecular weight excluding hydrogens is 367 g/mol. The van der Waals surface area contributed by atoms with Gasteiger partial charge in [0.1, 0.15) is 5.82 Å². The minimum Gasteiger partial charge on any atom is -0.337 e. The average molecular weight is 387 g/mol. The molecule has 1 aliphatic heterocycles. The largest absolute Gasteiger partial charge is 0.434 e. The van der Waals surface area contributed by atoms with Crippen LogP contribution in [0, 0.1) is 0 Å². The van der Waals surface area contributed by atoms with Gasteiger partial charge in [-0.15, -0.1) is 0 Å². The Kier molecular flexibility index (Phi) is 5.12. The number of benzene rings is 1. The zero-order chi connectivity index (χ0) is 18.9. The Labute approximate surface area is 150 Å². The second-order valence-corrected chi connectivity index (χ2v) is 8.50. The molecule has 0 aliphatic carbocycles. The number of imidazole rings is 1. The van der Waals surface area contributed by atoms with E-state index in [1.165, 1.54) is 15.9 Å². The second-order valence-electron chi connectivity index (χ2n) is 6.53. The van der Waals surface area contributed by atoms with E-state index in [4.69, 9.17) is 0 Å². The molecule has 0 bridgehead atoms. The summed E-state index contributed by atoms with van der Waals surface area (Å²) in [6.45, 7) is 0.527. The van der Waals surface area contributed by atoms with Crippen molar-refractivity contribution in [2.45, 2.75) is 30.7 Å². The topological polar surface area (TPSA) is 55.2 Å². The number of alkyl halides is 3. The lowest BCUT2D eigenvalue weighted by Crippen LogP contribution is -2.40. The van der Waals surface area contributed by atoms with Crippen LogP contribution in [0.1, 0.15) is 35.8 Å². The zero-order valence-electron chi connectivity index (χ0n) is 14.3. The van der Waals surface area contributed by atoms with Crippen LogP contribution in [0.4, 0.5) is 13.2 Å². The van der Waals surface area contributed by atoms with Gasteiger partial charge >= 0.3 is 6.18 Å². The van der Waals surface area contributed by atoms with Crippen molar-refractivity contribution in [2.24, 2.45) is 7.05 Å². The molecule has 1 saturated heterocycles. The highest BCUT2D eigenvalue weighted by Gasteiger charge is 2.37. The van der Waals surface area contributed by atoms with Crippen molar-refractivity contribution in [1.82, 2.24) is 13.9 Å². The lowest BCUT2D eigenvalue weighted by atomic mass is 9.99. The summed E-state index contributed by atoms with van der Waals surface area (Å²) in [5, 5.41) is 0. The minimum atomic E-state index is -4.51. The molecule has 2 aromatic rings. The summed E-state index contributed by atoms with van der Waals surface area (Å²) < 4.78 is 66.7. The van der Waals surface area contributed by atoms with Gasteiger partial charge in [0.15, 0.2) is 5.69 Å². The first-order chi connectivity index (χ1) is 12.2. The highest BCUT2D eigenvalue weighted by Crippen LogP contribution is 2.33. The summed E-state index contributed by atoms with van der Waals surface area (Å²) in [6.07, 6.45) is -2.36. The van der Waals surface area contributed by atoms with Crippen LogP contribution in [-0.4, -0.2) is 35.4 Å². The van der Waals surface area contributed by atoms with Crippen LogP contribution in [0.2, 0.25) is 0 Å². The first-order valence-corrected chi connectivity index (χ1v) is 9.90. The molecule has 1 atom stereocenters. The molecule has 1 unspecified atom stereocenters. The van der Waals surface area contributed by atoms with Crippen molar-refractivity contribution in [2.75, 3.05) is 13.1 Å². The van der Waals surface area contributed by atoms with Crippen LogP contribution in [0.5, 0.6) is 0 Å². The molecule has 3 rings (SSSR count). The van der Waals surface area contributed by atoms with Crippen molar-refractivity contribution in [3.8, 4) is 0 Å². The summed E-state index contributed by atoms with van der Waals surface area (Å²) in [5.41, 5.74) is -0.259. The van der Waals surface area contributed by atoms with Crippen LogP contribution >= 0.6 is 0 Å². The standard InChI is InChI=1S/C17H20F3N3O2S/c1-22-11-15(17(18,19)20)21-16(22)14-8-5-9-23(10-14)26(24,25)12-13-6-3-2-4-7-13/h2-4,6-7,11,14H,5,8-10,12H2,1H3. The Hall–Kier alpha value is -1.87. The second kappa shape index (κ2) is 7.03. The molecule has 9 heteroatoms. The van der Waals surface area contributed by atoms with Gasteiger partial charge in [0.05, 0.1) is 5.75 Å². The molecule has 1 aromatic heterocycles. The van der Waals surface area contributed by atoms with E-state index in [2.05, 4.69) is 4.98 Å². The Bertz CT molecular complexity index is 863. The summed E-state index contributed by atoms with van der Waals surface area (Å²) in [4.78, 5) is 3.72. The number of aromatic nitrogens is 2. The summed E-state index contributed by atoms with van der Waals surface area (Å²) in [5.74, 6) is -0.193. The van der Waals surface area contributed by atoms with E-state index in [1.807, 2.05) is 6.07 Å². The maximum atomic E-state index is 12.9. The number of hydrogen-bond donors (Lipinski definition) is 0. The molecule has 1 aromatic carbocycles. The SMILES string of the molecule is Cn1cc(C(F)(F)F)nc1C1CCCN(S(=O)(=O)Cc2ccccc2)C1. The van der Waals surface area contributed by atoms with Gasteiger partial charge in [-0.3, -0.25) is 0 Å². The van der Waals surface area contributed by atoms with Crippen molar-refractivity contribution < 1.29 is 21.6 Å². The number of hydrogen-bond acceptors (Lipinski definition) is 3. The zero-order valence-corrected chi connectivity index (χ0v) is 15.1. The molecule has 1 fully saturated rings. The first kappa shape index (κ1) is 18.9. The molecule has 1 aliphatic rings. The number of rotatable bonds is 4. The minimum absolute atomic E-state index is 0.116. The third-order valence-electron chi connectivity index (χ3n) is 4.54. The normalized spacial score (nSPS) is 19.6. The van der Waals surface area contributed by atoms with E-state index >= 15 is 0 Å². The number of sulfonamides is 1. The first-order valence-electron chi connectivity index (χ1n) is 8.29. The number of nitrogens with zero attached hydrogens (tertiary/aromatic N) is 3. The highest BCUT2D eigenvalue weighted by atomic mass is 32.2. The van der Waals surface area contributed by atoms with Crippen molar-refractivity contribution in [1.29, 1.82) is 0 Å². The quantitative estimate of drug-likeness (QED) is 0.810. The molecule has 142 valence electrons. The van der Waals surface area contributed by atoms with E-state index in [0.29, 0.717) is 24.9 Å². The van der Waals surface area contributed by atoms with Gasteiger partial charge in [-0.25, -0.2) is 17.7 Å². The Balaban J connectivity index is 1.78. The van der Waals surface area contributed by atoms with E-state index < -0.39 is 21.9 Å². The fourth-order valence-corrected chi connectivity index (χ4v) is 4.89. The van der Waals surface area contributed by atoms with Crippen LogP contribution in [0.25, 0.3) is 0 Å². The summed E-state index contributed by atoms with van der Waals surface area (Å²) in [6, 6.07) is 8.85. The van der Waals surface area contributed by atoms with E-state index in [9.17, 15) is 21.6 Å². The van der Waals surface area contributed by atoms with E-state index in [-0.39, 0.29) is 24.0 Å². The van der Waals surface area contributed by atoms with Crippen LogP contribution in [0.15, 0.2) is 36.5 Å². The fourth-order valence-electron chi connectivity index (χ4n) is 3.28. The molecule has 0 saturated carbocycles. The average Bonchev–Trinajstić information content (AvgIpc) is 2.98. The summed E-state index contributed by atoms with van der Waals surface area (Å²) >= 11 is 0. The molecular formula is C17H20F3N3O2S. The molecule has 2 heterocycles. The fraction of sp³-hybridized carbons (Fsp3) is 0.471. The maximum absolute atomic E-state index is 12.9.